The second kappa shape index (κ2) is 4.19. The van der Waals surface area contributed by atoms with Crippen LogP contribution in [0.5, 0.6) is 0 Å². The zero-order valence-electron chi connectivity index (χ0n) is 9.34. The maximum atomic E-state index is 11.8. The molecule has 1 N–H and O–H groups in total. The Morgan fingerprint density at radius 1 is 1.36 bits per heavy atom. The molecule has 0 aromatic heterocycles. The van der Waals surface area contributed by atoms with Gasteiger partial charge in [-0.1, -0.05) is 0 Å². The molecule has 1 fully saturated rings. The van der Waals surface area contributed by atoms with Gasteiger partial charge in [0.1, 0.15) is 0 Å². The summed E-state index contributed by atoms with van der Waals surface area (Å²) >= 11 is 0. The van der Waals surface area contributed by atoms with Crippen LogP contribution in [0.4, 0.5) is 0 Å². The first-order valence-corrected chi connectivity index (χ1v) is 6.94. The Kier molecular flexibility index (Phi) is 3.58. The molecule has 4 heteroatoms. The van der Waals surface area contributed by atoms with Crippen LogP contribution in [-0.2, 0) is 9.84 Å². The predicted molar refractivity (Wildman–Crippen MR) is 59.2 cm³/mol. The Morgan fingerprint density at radius 2 is 2.00 bits per heavy atom. The molecule has 0 aromatic rings. The zero-order chi connectivity index (χ0) is 10.8. The summed E-state index contributed by atoms with van der Waals surface area (Å²) < 4.78 is 23.0. The fourth-order valence-electron chi connectivity index (χ4n) is 1.61. The van der Waals surface area contributed by atoms with Crippen molar-refractivity contribution in [3.63, 3.8) is 0 Å². The van der Waals surface area contributed by atoms with Gasteiger partial charge in [0.05, 0.1) is 10.5 Å². The van der Waals surface area contributed by atoms with Gasteiger partial charge in [0, 0.05) is 6.04 Å². The van der Waals surface area contributed by atoms with Crippen molar-refractivity contribution < 1.29 is 8.42 Å². The van der Waals surface area contributed by atoms with E-state index in [4.69, 9.17) is 0 Å². The average molecular weight is 219 g/mol. The largest absolute Gasteiger partial charge is 0.314 e. The molecule has 0 aliphatic carbocycles. The summed E-state index contributed by atoms with van der Waals surface area (Å²) in [6.07, 6.45) is 3.07. The molecule has 1 heterocycles. The van der Waals surface area contributed by atoms with Crippen LogP contribution >= 0.6 is 0 Å². The van der Waals surface area contributed by atoms with Gasteiger partial charge in [0.2, 0.25) is 0 Å². The molecule has 1 saturated heterocycles. The summed E-state index contributed by atoms with van der Waals surface area (Å²) in [5.74, 6) is 0.314. The third kappa shape index (κ3) is 2.95. The lowest BCUT2D eigenvalue weighted by molar-refractivity contribution is 0.539. The molecule has 0 aromatic carbocycles. The monoisotopic (exact) mass is 219 g/mol. The maximum absolute atomic E-state index is 11.8. The van der Waals surface area contributed by atoms with E-state index in [1.807, 2.05) is 0 Å². The van der Waals surface area contributed by atoms with Crippen molar-refractivity contribution in [2.75, 3.05) is 12.3 Å². The summed E-state index contributed by atoms with van der Waals surface area (Å²) in [6, 6.07) is 0.423. The minimum atomic E-state index is -2.93. The number of hydrogen-bond acceptors (Lipinski definition) is 3. The van der Waals surface area contributed by atoms with Crippen molar-refractivity contribution in [3.8, 4) is 0 Å². The van der Waals surface area contributed by atoms with E-state index in [1.54, 1.807) is 20.8 Å². The van der Waals surface area contributed by atoms with Crippen molar-refractivity contribution in [3.05, 3.63) is 0 Å². The van der Waals surface area contributed by atoms with Gasteiger partial charge in [-0.15, -0.1) is 0 Å². The molecular formula is C10H21NO2S. The highest BCUT2D eigenvalue weighted by Gasteiger charge is 2.29. The first kappa shape index (κ1) is 12.0. The molecule has 1 atom stereocenters. The smallest absolute Gasteiger partial charge is 0.155 e. The first-order chi connectivity index (χ1) is 6.33. The van der Waals surface area contributed by atoms with E-state index < -0.39 is 14.6 Å². The van der Waals surface area contributed by atoms with Gasteiger partial charge in [0.25, 0.3) is 0 Å². The van der Waals surface area contributed by atoms with E-state index >= 15 is 0 Å². The minimum absolute atomic E-state index is 0.314. The first-order valence-electron chi connectivity index (χ1n) is 5.28. The normalized spacial score (nSPS) is 24.1. The van der Waals surface area contributed by atoms with Crippen molar-refractivity contribution in [2.24, 2.45) is 0 Å². The van der Waals surface area contributed by atoms with Gasteiger partial charge in [-0.3, -0.25) is 0 Å². The molecule has 1 rings (SSSR count). The second-order valence-corrected chi connectivity index (χ2v) is 7.88. The molecule has 3 nitrogen and oxygen atoms in total. The highest BCUT2D eigenvalue weighted by molar-refractivity contribution is 7.92. The standard InChI is InChI=1S/C10H21NO2S/c1-10(2,3)14(12,13)8-6-9-5-4-7-11-9/h9,11H,4-8H2,1-3H3. The topological polar surface area (TPSA) is 46.2 Å². The van der Waals surface area contributed by atoms with Crippen LogP contribution in [-0.4, -0.2) is 31.5 Å². The summed E-state index contributed by atoms with van der Waals surface area (Å²) in [5.41, 5.74) is 0. The molecule has 0 spiro atoms. The summed E-state index contributed by atoms with van der Waals surface area (Å²) in [5, 5.41) is 3.32. The third-order valence-corrected chi connectivity index (χ3v) is 5.47. The van der Waals surface area contributed by atoms with E-state index in [-0.39, 0.29) is 0 Å². The van der Waals surface area contributed by atoms with E-state index in [0.29, 0.717) is 11.8 Å². The van der Waals surface area contributed by atoms with E-state index in [0.717, 1.165) is 19.4 Å². The molecular weight excluding hydrogens is 198 g/mol. The quantitative estimate of drug-likeness (QED) is 0.779. The summed E-state index contributed by atoms with van der Waals surface area (Å²) in [6.45, 7) is 6.35. The van der Waals surface area contributed by atoms with E-state index in [9.17, 15) is 8.42 Å². The summed E-state index contributed by atoms with van der Waals surface area (Å²) in [7, 11) is -2.93. The van der Waals surface area contributed by atoms with Crippen molar-refractivity contribution >= 4 is 9.84 Å². The Morgan fingerprint density at radius 3 is 2.43 bits per heavy atom. The van der Waals surface area contributed by atoms with Crippen LogP contribution < -0.4 is 5.32 Å². The number of hydrogen-bond donors (Lipinski definition) is 1. The fourth-order valence-corrected chi connectivity index (χ4v) is 2.81. The van der Waals surface area contributed by atoms with Gasteiger partial charge < -0.3 is 5.32 Å². The molecule has 84 valence electrons. The highest BCUT2D eigenvalue weighted by Crippen LogP contribution is 2.19. The Hall–Kier alpha value is -0.0900. The van der Waals surface area contributed by atoms with Crippen LogP contribution in [0, 0.1) is 0 Å². The number of sulfone groups is 1. The number of rotatable bonds is 3. The van der Waals surface area contributed by atoms with Crippen molar-refractivity contribution in [1.82, 2.24) is 5.32 Å². The van der Waals surface area contributed by atoms with Crippen LogP contribution in [0.25, 0.3) is 0 Å². The lowest BCUT2D eigenvalue weighted by atomic mass is 10.2. The third-order valence-electron chi connectivity index (χ3n) is 2.83. The molecule has 0 radical (unpaired) electrons. The van der Waals surface area contributed by atoms with Gasteiger partial charge in [0.15, 0.2) is 9.84 Å². The van der Waals surface area contributed by atoms with Crippen LogP contribution in [0.3, 0.4) is 0 Å². The van der Waals surface area contributed by atoms with Crippen LogP contribution in [0.1, 0.15) is 40.0 Å². The average Bonchev–Trinajstić information content (AvgIpc) is 2.50. The fraction of sp³-hybridized carbons (Fsp3) is 1.00. The Bertz CT molecular complexity index is 271. The van der Waals surface area contributed by atoms with Gasteiger partial charge in [-0.2, -0.15) is 0 Å². The van der Waals surface area contributed by atoms with Gasteiger partial charge in [-0.05, 0) is 46.6 Å². The Labute approximate surface area is 87.2 Å². The van der Waals surface area contributed by atoms with Gasteiger partial charge >= 0.3 is 0 Å². The van der Waals surface area contributed by atoms with Gasteiger partial charge in [-0.25, -0.2) is 8.42 Å². The van der Waals surface area contributed by atoms with Crippen molar-refractivity contribution in [1.29, 1.82) is 0 Å². The van der Waals surface area contributed by atoms with Crippen LogP contribution in [0.15, 0.2) is 0 Å². The van der Waals surface area contributed by atoms with Crippen LogP contribution in [0.2, 0.25) is 0 Å². The molecule has 0 amide bonds. The lowest BCUT2D eigenvalue weighted by Gasteiger charge is -2.20. The van der Waals surface area contributed by atoms with E-state index in [2.05, 4.69) is 5.32 Å². The minimum Gasteiger partial charge on any atom is -0.314 e. The Balaban J connectivity index is 2.44. The number of nitrogens with one attached hydrogen (secondary N) is 1. The lowest BCUT2D eigenvalue weighted by Crippen LogP contribution is -2.33. The van der Waals surface area contributed by atoms with Crippen molar-refractivity contribution in [2.45, 2.75) is 50.8 Å². The highest BCUT2D eigenvalue weighted by atomic mass is 32.2. The second-order valence-electron chi connectivity index (χ2n) is 5.01. The molecule has 0 bridgehead atoms. The zero-order valence-corrected chi connectivity index (χ0v) is 10.2. The molecule has 14 heavy (non-hydrogen) atoms. The maximum Gasteiger partial charge on any atom is 0.155 e. The van der Waals surface area contributed by atoms with E-state index in [1.165, 1.54) is 6.42 Å². The predicted octanol–water partition coefficient (Wildman–Crippen LogP) is 1.34. The summed E-state index contributed by atoms with van der Waals surface area (Å²) in [4.78, 5) is 0. The molecule has 1 aliphatic heterocycles. The molecule has 1 unspecified atom stereocenters. The molecule has 1 aliphatic rings. The molecule has 0 saturated carbocycles. The SMILES string of the molecule is CC(C)(C)S(=O)(=O)CCC1CCCN1.